The lowest BCUT2D eigenvalue weighted by Gasteiger charge is -2.32. The second-order valence-corrected chi connectivity index (χ2v) is 9.15. The second kappa shape index (κ2) is 9.95. The Labute approximate surface area is 204 Å². The molecule has 2 aromatic heterocycles. The summed E-state index contributed by atoms with van der Waals surface area (Å²) in [6.07, 6.45) is 5.29. The van der Waals surface area contributed by atoms with E-state index in [0.29, 0.717) is 62.3 Å². The molecule has 4 heterocycles. The van der Waals surface area contributed by atoms with E-state index in [9.17, 15) is 9.59 Å². The number of anilines is 1. The number of benzene rings is 1. The van der Waals surface area contributed by atoms with Crippen LogP contribution in [-0.4, -0.2) is 77.9 Å². The van der Waals surface area contributed by atoms with Gasteiger partial charge in [-0.25, -0.2) is 9.31 Å². The van der Waals surface area contributed by atoms with Crippen LogP contribution in [0.25, 0.3) is 5.52 Å². The first kappa shape index (κ1) is 23.2. The van der Waals surface area contributed by atoms with Gasteiger partial charge in [0.15, 0.2) is 0 Å². The molecule has 9 nitrogen and oxygen atoms in total. The Morgan fingerprint density at radius 1 is 1.06 bits per heavy atom. The third-order valence-corrected chi connectivity index (χ3v) is 6.92. The van der Waals surface area contributed by atoms with Gasteiger partial charge in [-0.1, -0.05) is 6.07 Å². The van der Waals surface area contributed by atoms with E-state index in [0.717, 1.165) is 23.9 Å². The van der Waals surface area contributed by atoms with Gasteiger partial charge < -0.3 is 24.6 Å². The van der Waals surface area contributed by atoms with Crippen molar-refractivity contribution in [3.63, 3.8) is 0 Å². The number of pyridine rings is 1. The normalized spacial score (nSPS) is 17.0. The Hall–Kier alpha value is -3.59. The van der Waals surface area contributed by atoms with Crippen molar-refractivity contribution < 1.29 is 19.1 Å². The fourth-order valence-electron chi connectivity index (χ4n) is 4.88. The average Bonchev–Trinajstić information content (AvgIpc) is 3.32. The smallest absolute Gasteiger partial charge is 0.321 e. The Morgan fingerprint density at radius 3 is 2.57 bits per heavy atom. The molecule has 3 amide bonds. The molecule has 5 rings (SSSR count). The van der Waals surface area contributed by atoms with E-state index < -0.39 is 0 Å². The zero-order valence-electron chi connectivity index (χ0n) is 20.2. The van der Waals surface area contributed by atoms with Gasteiger partial charge in [0.25, 0.3) is 5.91 Å². The number of likely N-dealkylation sites (tertiary alicyclic amines) is 1. The Kier molecular flexibility index (Phi) is 6.59. The van der Waals surface area contributed by atoms with Crippen LogP contribution in [0, 0.1) is 6.92 Å². The zero-order chi connectivity index (χ0) is 24.4. The number of rotatable bonds is 4. The molecule has 0 spiro atoms. The number of piperidine rings is 1. The van der Waals surface area contributed by atoms with E-state index in [-0.39, 0.29) is 11.9 Å². The van der Waals surface area contributed by atoms with Gasteiger partial charge in [-0.15, -0.1) is 0 Å². The number of methoxy groups -OCH3 is 1. The predicted octanol–water partition coefficient (Wildman–Crippen LogP) is 3.54. The van der Waals surface area contributed by atoms with Gasteiger partial charge in [0, 0.05) is 32.4 Å². The molecule has 0 saturated carbocycles. The van der Waals surface area contributed by atoms with E-state index in [2.05, 4.69) is 22.5 Å². The number of fused-ring (bicyclic) bond motifs is 1. The Morgan fingerprint density at radius 2 is 1.83 bits per heavy atom. The number of aromatic nitrogens is 2. The standard InChI is InChI=1S/C26H31N5O4/c1-18-3-4-24(34-2)22(15-18)28-26(33)30-8-5-19(6-9-30)20-7-10-31-23(16-20)21(17-27-31)25(32)29-11-13-35-14-12-29/h3-4,7,10,15-17,19H,5-6,8-9,11-14H2,1-2H3,(H,28,33). The summed E-state index contributed by atoms with van der Waals surface area (Å²) in [7, 11) is 1.60. The Balaban J connectivity index is 1.25. The van der Waals surface area contributed by atoms with Crippen molar-refractivity contribution in [1.29, 1.82) is 0 Å². The van der Waals surface area contributed by atoms with Crippen molar-refractivity contribution in [2.75, 3.05) is 51.8 Å². The van der Waals surface area contributed by atoms with Gasteiger partial charge in [0.05, 0.1) is 43.3 Å². The second-order valence-electron chi connectivity index (χ2n) is 9.15. The van der Waals surface area contributed by atoms with Crippen LogP contribution < -0.4 is 10.1 Å². The lowest BCUT2D eigenvalue weighted by atomic mass is 9.89. The zero-order valence-corrected chi connectivity index (χ0v) is 20.2. The van der Waals surface area contributed by atoms with Crippen LogP contribution in [0.15, 0.2) is 42.7 Å². The van der Waals surface area contributed by atoms with E-state index in [1.165, 1.54) is 5.56 Å². The summed E-state index contributed by atoms with van der Waals surface area (Å²) < 4.78 is 12.5. The van der Waals surface area contributed by atoms with Crippen LogP contribution in [0.5, 0.6) is 5.75 Å². The van der Waals surface area contributed by atoms with Crippen molar-refractivity contribution >= 4 is 23.1 Å². The van der Waals surface area contributed by atoms with Gasteiger partial charge in [0.2, 0.25) is 0 Å². The number of hydrogen-bond acceptors (Lipinski definition) is 5. The molecule has 2 aliphatic heterocycles. The third-order valence-electron chi connectivity index (χ3n) is 6.92. The number of hydrogen-bond donors (Lipinski definition) is 1. The van der Waals surface area contributed by atoms with E-state index >= 15 is 0 Å². The molecule has 184 valence electrons. The summed E-state index contributed by atoms with van der Waals surface area (Å²) in [5, 5.41) is 7.38. The first-order valence-corrected chi connectivity index (χ1v) is 12.1. The first-order valence-electron chi connectivity index (χ1n) is 12.1. The van der Waals surface area contributed by atoms with Crippen LogP contribution in [0.2, 0.25) is 0 Å². The molecule has 2 aliphatic rings. The number of morpholine rings is 1. The molecule has 2 fully saturated rings. The van der Waals surface area contributed by atoms with Crippen molar-refractivity contribution in [2.24, 2.45) is 0 Å². The highest BCUT2D eigenvalue weighted by atomic mass is 16.5. The molecule has 3 aromatic rings. The SMILES string of the molecule is COc1ccc(C)cc1NC(=O)N1CCC(c2ccn3ncc(C(=O)N4CCOCC4)c3c2)CC1. The van der Waals surface area contributed by atoms with E-state index in [1.54, 1.807) is 17.8 Å². The van der Waals surface area contributed by atoms with E-state index in [1.807, 2.05) is 41.1 Å². The maximum absolute atomic E-state index is 13.1. The maximum atomic E-state index is 13.1. The summed E-state index contributed by atoms with van der Waals surface area (Å²) in [4.78, 5) is 29.6. The van der Waals surface area contributed by atoms with Gasteiger partial charge >= 0.3 is 6.03 Å². The van der Waals surface area contributed by atoms with Crippen molar-refractivity contribution in [3.8, 4) is 5.75 Å². The molecule has 1 N–H and O–H groups in total. The number of nitrogens with one attached hydrogen (secondary N) is 1. The monoisotopic (exact) mass is 477 g/mol. The molecular weight excluding hydrogens is 446 g/mol. The number of carbonyl (C=O) groups excluding carboxylic acids is 2. The number of urea groups is 1. The summed E-state index contributed by atoms with van der Waals surface area (Å²) in [5.41, 5.74) is 4.36. The fraction of sp³-hybridized carbons (Fsp3) is 0.423. The highest BCUT2D eigenvalue weighted by Gasteiger charge is 2.26. The summed E-state index contributed by atoms with van der Waals surface area (Å²) in [6.45, 7) is 5.65. The van der Waals surface area contributed by atoms with Crippen LogP contribution in [0.1, 0.15) is 40.2 Å². The number of carbonyl (C=O) groups is 2. The van der Waals surface area contributed by atoms with Gasteiger partial charge in [-0.05, 0) is 61.1 Å². The van der Waals surface area contributed by atoms with Gasteiger partial charge in [0.1, 0.15) is 5.75 Å². The number of amides is 3. The van der Waals surface area contributed by atoms with Crippen LogP contribution >= 0.6 is 0 Å². The molecule has 0 aliphatic carbocycles. The molecule has 35 heavy (non-hydrogen) atoms. The minimum atomic E-state index is -0.114. The molecule has 0 radical (unpaired) electrons. The van der Waals surface area contributed by atoms with Crippen molar-refractivity contribution in [1.82, 2.24) is 19.4 Å². The summed E-state index contributed by atoms with van der Waals surface area (Å²) in [6, 6.07) is 9.77. The average molecular weight is 478 g/mol. The van der Waals surface area contributed by atoms with E-state index in [4.69, 9.17) is 9.47 Å². The highest BCUT2D eigenvalue weighted by molar-refractivity contribution is 6.00. The molecule has 1 aromatic carbocycles. The first-order chi connectivity index (χ1) is 17.0. The van der Waals surface area contributed by atoms with Gasteiger partial charge in [-0.3, -0.25) is 4.79 Å². The highest BCUT2D eigenvalue weighted by Crippen LogP contribution is 2.31. The van der Waals surface area contributed by atoms with Crippen molar-refractivity contribution in [3.05, 3.63) is 59.4 Å². The minimum absolute atomic E-state index is 0.00137. The Bertz CT molecular complexity index is 1230. The predicted molar refractivity (Wildman–Crippen MR) is 132 cm³/mol. The number of aryl methyl sites for hydroxylation is 1. The molecule has 0 atom stereocenters. The molecular formula is C26H31N5O4. The van der Waals surface area contributed by atoms with Crippen molar-refractivity contribution in [2.45, 2.75) is 25.7 Å². The number of nitrogens with zero attached hydrogens (tertiary/aromatic N) is 4. The lowest BCUT2D eigenvalue weighted by molar-refractivity contribution is 0.0304. The topological polar surface area (TPSA) is 88.4 Å². The number of ether oxygens (including phenoxy) is 2. The third kappa shape index (κ3) is 4.81. The molecule has 0 bridgehead atoms. The quantitative estimate of drug-likeness (QED) is 0.621. The molecule has 2 saturated heterocycles. The molecule has 9 heteroatoms. The minimum Gasteiger partial charge on any atom is -0.495 e. The van der Waals surface area contributed by atoms with Crippen LogP contribution in [-0.2, 0) is 4.74 Å². The summed E-state index contributed by atoms with van der Waals surface area (Å²) in [5.74, 6) is 0.965. The fourth-order valence-corrected chi connectivity index (χ4v) is 4.88. The van der Waals surface area contributed by atoms with Gasteiger partial charge in [-0.2, -0.15) is 5.10 Å². The lowest BCUT2D eigenvalue weighted by Crippen LogP contribution is -2.40. The van der Waals surface area contributed by atoms with Crippen LogP contribution in [0.4, 0.5) is 10.5 Å². The maximum Gasteiger partial charge on any atom is 0.321 e. The largest absolute Gasteiger partial charge is 0.495 e. The van der Waals surface area contributed by atoms with Crippen LogP contribution in [0.3, 0.4) is 0 Å². The molecule has 0 unspecified atom stereocenters. The summed E-state index contributed by atoms with van der Waals surface area (Å²) >= 11 is 0.